The summed E-state index contributed by atoms with van der Waals surface area (Å²) in [6.45, 7) is 3.83. The van der Waals surface area contributed by atoms with Gasteiger partial charge in [-0.05, 0) is 32.0 Å². The Morgan fingerprint density at radius 2 is 1.75 bits per heavy atom. The van der Waals surface area contributed by atoms with Crippen LogP contribution in [0.2, 0.25) is 0 Å². The van der Waals surface area contributed by atoms with E-state index >= 15 is 0 Å². The molecule has 4 rings (SSSR count). The van der Waals surface area contributed by atoms with Gasteiger partial charge in [0.05, 0.1) is 6.54 Å². The molecule has 2 aromatic heterocycles. The van der Waals surface area contributed by atoms with Crippen molar-refractivity contribution >= 4 is 5.91 Å². The summed E-state index contributed by atoms with van der Waals surface area (Å²) >= 11 is 0. The van der Waals surface area contributed by atoms with Gasteiger partial charge in [-0.15, -0.1) is 0 Å². The van der Waals surface area contributed by atoms with E-state index in [0.29, 0.717) is 28.7 Å². The lowest BCUT2D eigenvalue weighted by molar-refractivity contribution is 0.0948. The number of aryl methyl sites for hydroxylation is 2. The number of carbonyl (C=O) groups is 1. The van der Waals surface area contributed by atoms with E-state index in [9.17, 15) is 4.79 Å². The van der Waals surface area contributed by atoms with Gasteiger partial charge in [0.1, 0.15) is 17.0 Å². The lowest BCUT2D eigenvalue weighted by atomic mass is 10.0. The van der Waals surface area contributed by atoms with E-state index in [1.54, 1.807) is 6.92 Å². The zero-order valence-corrected chi connectivity index (χ0v) is 15.5. The molecule has 0 aliphatic rings. The second-order valence-electron chi connectivity index (χ2n) is 6.40. The summed E-state index contributed by atoms with van der Waals surface area (Å²) in [5, 5.41) is 10.8. The molecule has 140 valence electrons. The van der Waals surface area contributed by atoms with E-state index in [1.165, 1.54) is 0 Å². The number of hydrogen-bond donors (Lipinski definition) is 1. The van der Waals surface area contributed by atoms with Gasteiger partial charge in [-0.1, -0.05) is 52.3 Å². The van der Waals surface area contributed by atoms with Crippen LogP contribution in [0.3, 0.4) is 0 Å². The fourth-order valence-corrected chi connectivity index (χ4v) is 2.90. The van der Waals surface area contributed by atoms with Crippen molar-refractivity contribution in [2.75, 3.05) is 0 Å². The zero-order chi connectivity index (χ0) is 19.5. The third-order valence-corrected chi connectivity index (χ3v) is 4.28. The zero-order valence-electron chi connectivity index (χ0n) is 15.5. The first-order chi connectivity index (χ1) is 13.6. The Hall–Kier alpha value is -3.74. The number of aromatic nitrogens is 3. The van der Waals surface area contributed by atoms with Gasteiger partial charge in [0.2, 0.25) is 0 Å². The second kappa shape index (κ2) is 7.48. The Morgan fingerprint density at radius 3 is 2.54 bits per heavy atom. The van der Waals surface area contributed by atoms with Crippen molar-refractivity contribution in [3.8, 4) is 22.7 Å². The fraction of sp³-hybridized carbons (Fsp3) is 0.143. The molecule has 0 unspecified atom stereocenters. The molecule has 0 saturated heterocycles. The van der Waals surface area contributed by atoms with Gasteiger partial charge in [0, 0.05) is 11.1 Å². The van der Waals surface area contributed by atoms with E-state index in [1.807, 2.05) is 61.5 Å². The summed E-state index contributed by atoms with van der Waals surface area (Å²) in [7, 11) is 0. The van der Waals surface area contributed by atoms with Crippen molar-refractivity contribution < 1.29 is 13.8 Å². The number of nitrogens with one attached hydrogen (secondary N) is 1. The summed E-state index contributed by atoms with van der Waals surface area (Å²) in [6, 6.07) is 17.2. The molecule has 0 bridgehead atoms. The highest BCUT2D eigenvalue weighted by Crippen LogP contribution is 2.26. The minimum Gasteiger partial charge on any atom is -0.360 e. The molecule has 0 radical (unpaired) electrons. The van der Waals surface area contributed by atoms with Crippen LogP contribution in [0.4, 0.5) is 0 Å². The predicted octanol–water partition coefficient (Wildman–Crippen LogP) is 3.94. The Balaban J connectivity index is 1.51. The average molecular weight is 374 g/mol. The van der Waals surface area contributed by atoms with Gasteiger partial charge >= 0.3 is 0 Å². The van der Waals surface area contributed by atoms with Crippen LogP contribution in [0.5, 0.6) is 0 Å². The quantitative estimate of drug-likeness (QED) is 0.569. The maximum atomic E-state index is 12.8. The summed E-state index contributed by atoms with van der Waals surface area (Å²) < 4.78 is 10.5. The Morgan fingerprint density at radius 1 is 0.964 bits per heavy atom. The molecule has 0 saturated carbocycles. The van der Waals surface area contributed by atoms with E-state index < -0.39 is 0 Å². The number of hydrogen-bond acceptors (Lipinski definition) is 6. The highest BCUT2D eigenvalue weighted by molar-refractivity contribution is 6.00. The van der Waals surface area contributed by atoms with Crippen LogP contribution in [-0.4, -0.2) is 21.2 Å². The molecule has 7 nitrogen and oxygen atoms in total. The Kier molecular flexibility index (Phi) is 4.72. The molecule has 2 heterocycles. The summed E-state index contributed by atoms with van der Waals surface area (Å²) in [5.74, 6) is 0.943. The maximum absolute atomic E-state index is 12.8. The van der Waals surface area contributed by atoms with E-state index in [4.69, 9.17) is 9.05 Å². The van der Waals surface area contributed by atoms with E-state index in [-0.39, 0.29) is 12.5 Å². The second-order valence-corrected chi connectivity index (χ2v) is 6.40. The Labute approximate surface area is 161 Å². The highest BCUT2D eigenvalue weighted by atomic mass is 16.5. The molecule has 0 aliphatic carbocycles. The molecule has 4 aromatic rings. The average Bonchev–Trinajstić information content (AvgIpc) is 3.34. The first kappa shape index (κ1) is 17.7. The molecule has 0 spiro atoms. The predicted molar refractivity (Wildman–Crippen MR) is 102 cm³/mol. The van der Waals surface area contributed by atoms with Gasteiger partial charge in [0.15, 0.2) is 5.82 Å². The van der Waals surface area contributed by atoms with Gasteiger partial charge < -0.3 is 14.4 Å². The summed E-state index contributed by atoms with van der Waals surface area (Å²) in [5.41, 5.74) is 3.64. The van der Waals surface area contributed by atoms with Crippen molar-refractivity contribution in [2.24, 2.45) is 0 Å². The molecular weight excluding hydrogens is 356 g/mol. The topological polar surface area (TPSA) is 94.1 Å². The Bertz CT molecular complexity index is 1120. The van der Waals surface area contributed by atoms with Gasteiger partial charge in [0.25, 0.3) is 11.8 Å². The number of benzene rings is 2. The molecular formula is C21H18N4O3. The smallest absolute Gasteiger partial charge is 0.257 e. The van der Waals surface area contributed by atoms with Crippen LogP contribution in [0.15, 0.2) is 63.6 Å². The molecule has 7 heteroatoms. The lowest BCUT2D eigenvalue weighted by Gasteiger charge is -2.04. The molecule has 1 amide bonds. The fourth-order valence-electron chi connectivity index (χ4n) is 2.90. The van der Waals surface area contributed by atoms with Crippen LogP contribution >= 0.6 is 0 Å². The minimum atomic E-state index is -0.304. The van der Waals surface area contributed by atoms with Gasteiger partial charge in [-0.25, -0.2) is 0 Å². The molecule has 0 fully saturated rings. The summed E-state index contributed by atoms with van der Waals surface area (Å²) in [4.78, 5) is 17.1. The minimum absolute atomic E-state index is 0.132. The SMILES string of the molecule is Cc1cccc(-c2noc(C)c2C(=O)NCc2noc(-c3ccccc3)n2)c1. The maximum Gasteiger partial charge on any atom is 0.257 e. The third-order valence-electron chi connectivity index (χ3n) is 4.28. The normalized spacial score (nSPS) is 10.8. The molecule has 28 heavy (non-hydrogen) atoms. The van der Waals surface area contributed by atoms with Crippen molar-refractivity contribution in [2.45, 2.75) is 20.4 Å². The van der Waals surface area contributed by atoms with Crippen LogP contribution in [0.25, 0.3) is 22.7 Å². The monoisotopic (exact) mass is 374 g/mol. The van der Waals surface area contributed by atoms with Crippen LogP contribution in [0.1, 0.15) is 27.5 Å². The van der Waals surface area contributed by atoms with Gasteiger partial charge in [-0.2, -0.15) is 4.98 Å². The third kappa shape index (κ3) is 3.55. The largest absolute Gasteiger partial charge is 0.360 e. The number of carbonyl (C=O) groups excluding carboxylic acids is 1. The van der Waals surface area contributed by atoms with Gasteiger partial charge in [-0.3, -0.25) is 4.79 Å². The van der Waals surface area contributed by atoms with Crippen LogP contribution in [0, 0.1) is 13.8 Å². The van der Waals surface area contributed by atoms with E-state index in [2.05, 4.69) is 20.6 Å². The first-order valence-electron chi connectivity index (χ1n) is 8.81. The van der Waals surface area contributed by atoms with Crippen molar-refractivity contribution in [1.29, 1.82) is 0 Å². The number of amides is 1. The standard InChI is InChI=1S/C21H18N4O3/c1-13-7-6-10-16(11-13)19-18(14(2)27-25-19)20(26)22-12-17-23-21(28-24-17)15-8-4-3-5-9-15/h3-11H,12H2,1-2H3,(H,22,26). The summed E-state index contributed by atoms with van der Waals surface area (Å²) in [6.07, 6.45) is 0. The number of rotatable bonds is 5. The molecule has 0 atom stereocenters. The molecule has 1 N–H and O–H groups in total. The molecule has 0 aliphatic heterocycles. The number of nitrogens with zero attached hydrogens (tertiary/aromatic N) is 3. The van der Waals surface area contributed by atoms with Crippen molar-refractivity contribution in [3.63, 3.8) is 0 Å². The lowest BCUT2D eigenvalue weighted by Crippen LogP contribution is -2.24. The first-order valence-corrected chi connectivity index (χ1v) is 8.81. The van der Waals surface area contributed by atoms with Crippen molar-refractivity contribution in [3.05, 3.63) is 77.3 Å². The highest BCUT2D eigenvalue weighted by Gasteiger charge is 2.22. The van der Waals surface area contributed by atoms with Crippen LogP contribution < -0.4 is 5.32 Å². The van der Waals surface area contributed by atoms with Crippen LogP contribution in [-0.2, 0) is 6.54 Å². The molecule has 2 aromatic carbocycles. The van der Waals surface area contributed by atoms with E-state index in [0.717, 1.165) is 16.7 Å². The van der Waals surface area contributed by atoms with Crippen molar-refractivity contribution in [1.82, 2.24) is 20.6 Å².